The summed E-state index contributed by atoms with van der Waals surface area (Å²) in [4.78, 5) is 23.9. The first-order chi connectivity index (χ1) is 13.1. The molecule has 0 spiro atoms. The average molecular weight is 381 g/mol. The maximum absolute atomic E-state index is 12.0. The molecule has 2 heterocycles. The van der Waals surface area contributed by atoms with Gasteiger partial charge in [-0.2, -0.15) is 16.6 Å². The van der Waals surface area contributed by atoms with Gasteiger partial charge in [0, 0.05) is 10.9 Å². The standard InChI is InChI=1S/C19H15N3O4S/c20-9-12-3-1-2-4-14(12)22-19(25)18(24)21-10-15(23)17-6-5-16(26-17)13-7-8-27-11-13/h1-8,11,15,23H,10H2,(H,21,24)(H,22,25). The van der Waals surface area contributed by atoms with Gasteiger partial charge in [-0.15, -0.1) is 0 Å². The zero-order valence-electron chi connectivity index (χ0n) is 14.0. The second-order valence-electron chi connectivity index (χ2n) is 5.55. The average Bonchev–Trinajstić information content (AvgIpc) is 3.37. The topological polar surface area (TPSA) is 115 Å². The van der Waals surface area contributed by atoms with E-state index in [2.05, 4.69) is 10.6 Å². The number of aliphatic hydroxyl groups is 1. The summed E-state index contributed by atoms with van der Waals surface area (Å²) in [6.45, 7) is -0.192. The normalized spacial score (nSPS) is 11.4. The van der Waals surface area contributed by atoms with Gasteiger partial charge < -0.3 is 20.2 Å². The largest absolute Gasteiger partial charge is 0.458 e. The predicted octanol–water partition coefficient (Wildman–Crippen LogP) is 2.67. The fourth-order valence-electron chi connectivity index (χ4n) is 2.33. The highest BCUT2D eigenvalue weighted by atomic mass is 32.1. The van der Waals surface area contributed by atoms with Crippen LogP contribution in [0.4, 0.5) is 5.69 Å². The van der Waals surface area contributed by atoms with Crippen molar-refractivity contribution < 1.29 is 19.1 Å². The Hall–Kier alpha value is -3.41. The number of anilines is 1. The molecule has 8 heteroatoms. The Morgan fingerprint density at radius 1 is 1.19 bits per heavy atom. The van der Waals surface area contributed by atoms with E-state index in [4.69, 9.17) is 9.68 Å². The minimum atomic E-state index is -1.10. The molecule has 3 N–H and O–H groups in total. The molecule has 1 aromatic carbocycles. The monoisotopic (exact) mass is 381 g/mol. The number of hydrogen-bond donors (Lipinski definition) is 3. The molecule has 0 saturated carbocycles. The summed E-state index contributed by atoms with van der Waals surface area (Å²) in [5.41, 5.74) is 1.39. The minimum absolute atomic E-state index is 0.192. The Morgan fingerprint density at radius 2 is 2.00 bits per heavy atom. The molecule has 3 aromatic rings. The van der Waals surface area contributed by atoms with Gasteiger partial charge in [0.25, 0.3) is 0 Å². The van der Waals surface area contributed by atoms with Crippen LogP contribution in [-0.2, 0) is 9.59 Å². The number of para-hydroxylation sites is 1. The second-order valence-corrected chi connectivity index (χ2v) is 6.33. The van der Waals surface area contributed by atoms with Gasteiger partial charge in [-0.3, -0.25) is 9.59 Å². The number of benzene rings is 1. The van der Waals surface area contributed by atoms with Crippen LogP contribution < -0.4 is 10.6 Å². The van der Waals surface area contributed by atoms with Crippen molar-refractivity contribution in [3.8, 4) is 17.4 Å². The SMILES string of the molecule is N#Cc1ccccc1NC(=O)C(=O)NCC(O)c1ccc(-c2ccsc2)o1. The number of rotatable bonds is 5. The van der Waals surface area contributed by atoms with Gasteiger partial charge in [0.2, 0.25) is 0 Å². The van der Waals surface area contributed by atoms with Crippen molar-refractivity contribution in [3.05, 3.63) is 64.5 Å². The van der Waals surface area contributed by atoms with Crippen molar-refractivity contribution in [1.29, 1.82) is 5.26 Å². The van der Waals surface area contributed by atoms with Crippen LogP contribution in [0.5, 0.6) is 0 Å². The highest BCUT2D eigenvalue weighted by Gasteiger charge is 2.19. The third-order valence-corrected chi connectivity index (χ3v) is 4.40. The zero-order chi connectivity index (χ0) is 19.2. The molecule has 0 aliphatic carbocycles. The van der Waals surface area contributed by atoms with E-state index >= 15 is 0 Å². The number of carbonyl (C=O) groups is 2. The Bertz CT molecular complexity index is 989. The number of hydrogen-bond acceptors (Lipinski definition) is 6. The molecule has 0 saturated heterocycles. The van der Waals surface area contributed by atoms with Gasteiger partial charge in [-0.1, -0.05) is 12.1 Å². The third-order valence-electron chi connectivity index (χ3n) is 3.72. The maximum atomic E-state index is 12.0. The number of thiophene rings is 1. The van der Waals surface area contributed by atoms with Crippen molar-refractivity contribution >= 4 is 28.8 Å². The van der Waals surface area contributed by atoms with E-state index in [1.807, 2.05) is 22.9 Å². The summed E-state index contributed by atoms with van der Waals surface area (Å²) < 4.78 is 5.58. The smallest absolute Gasteiger partial charge is 0.313 e. The number of nitriles is 1. The van der Waals surface area contributed by atoms with Crippen molar-refractivity contribution in [1.82, 2.24) is 5.32 Å². The molecule has 136 valence electrons. The lowest BCUT2D eigenvalue weighted by molar-refractivity contribution is -0.136. The van der Waals surface area contributed by atoms with Gasteiger partial charge in [0.05, 0.1) is 17.8 Å². The fraction of sp³-hybridized carbons (Fsp3) is 0.105. The lowest BCUT2D eigenvalue weighted by atomic mass is 10.2. The Labute approximate surface area is 158 Å². The molecule has 2 aromatic heterocycles. The van der Waals surface area contributed by atoms with Gasteiger partial charge in [-0.05, 0) is 35.7 Å². The molecule has 0 aliphatic heterocycles. The van der Waals surface area contributed by atoms with Gasteiger partial charge in [-0.25, -0.2) is 0 Å². The lowest BCUT2D eigenvalue weighted by Crippen LogP contribution is -2.37. The number of nitrogens with one attached hydrogen (secondary N) is 2. The van der Waals surface area contributed by atoms with Crippen molar-refractivity contribution in [2.75, 3.05) is 11.9 Å². The number of furan rings is 1. The van der Waals surface area contributed by atoms with Crippen LogP contribution in [0.1, 0.15) is 17.4 Å². The number of aliphatic hydroxyl groups excluding tert-OH is 1. The van der Waals surface area contributed by atoms with E-state index in [0.717, 1.165) is 5.56 Å². The van der Waals surface area contributed by atoms with E-state index < -0.39 is 17.9 Å². The molecule has 0 bridgehead atoms. The van der Waals surface area contributed by atoms with Crippen molar-refractivity contribution in [2.45, 2.75) is 6.10 Å². The van der Waals surface area contributed by atoms with Crippen molar-refractivity contribution in [3.63, 3.8) is 0 Å². The Balaban J connectivity index is 1.55. The zero-order valence-corrected chi connectivity index (χ0v) is 14.8. The molecular formula is C19H15N3O4S. The highest BCUT2D eigenvalue weighted by Crippen LogP contribution is 2.26. The summed E-state index contributed by atoms with van der Waals surface area (Å²) in [6, 6.07) is 13.5. The molecule has 1 atom stereocenters. The van der Waals surface area contributed by atoms with Crippen LogP contribution >= 0.6 is 11.3 Å². The molecular weight excluding hydrogens is 366 g/mol. The highest BCUT2D eigenvalue weighted by molar-refractivity contribution is 7.08. The van der Waals surface area contributed by atoms with Gasteiger partial charge >= 0.3 is 11.8 Å². The first-order valence-electron chi connectivity index (χ1n) is 7.97. The molecule has 1 unspecified atom stereocenters. The first kappa shape index (κ1) is 18.4. The maximum Gasteiger partial charge on any atom is 0.313 e. The Kier molecular flexibility index (Phi) is 5.66. The van der Waals surface area contributed by atoms with E-state index in [0.29, 0.717) is 5.76 Å². The summed E-state index contributed by atoms with van der Waals surface area (Å²) >= 11 is 1.53. The quantitative estimate of drug-likeness (QED) is 0.588. The van der Waals surface area contributed by atoms with E-state index in [1.165, 1.54) is 23.5 Å². The van der Waals surface area contributed by atoms with Gasteiger partial charge in [0.1, 0.15) is 23.7 Å². The van der Waals surface area contributed by atoms with Crippen LogP contribution in [0, 0.1) is 11.3 Å². The number of amides is 2. The predicted molar refractivity (Wildman–Crippen MR) is 99.8 cm³/mol. The summed E-state index contributed by atoms with van der Waals surface area (Å²) in [5, 5.41) is 27.7. The fourth-order valence-corrected chi connectivity index (χ4v) is 2.98. The molecule has 3 rings (SSSR count). The number of carbonyl (C=O) groups excluding carboxylic acids is 2. The van der Waals surface area contributed by atoms with Crippen LogP contribution in [0.2, 0.25) is 0 Å². The second kappa shape index (κ2) is 8.31. The van der Waals surface area contributed by atoms with Crippen molar-refractivity contribution in [2.24, 2.45) is 0 Å². The lowest BCUT2D eigenvalue weighted by Gasteiger charge is -2.10. The van der Waals surface area contributed by atoms with Gasteiger partial charge in [0.15, 0.2) is 0 Å². The van der Waals surface area contributed by atoms with E-state index in [1.54, 1.807) is 24.3 Å². The van der Waals surface area contributed by atoms with E-state index in [9.17, 15) is 14.7 Å². The van der Waals surface area contributed by atoms with E-state index in [-0.39, 0.29) is 23.6 Å². The molecule has 27 heavy (non-hydrogen) atoms. The molecule has 0 fully saturated rings. The van der Waals surface area contributed by atoms with Crippen LogP contribution in [0.25, 0.3) is 11.3 Å². The molecule has 0 aliphatic rings. The molecule has 2 amide bonds. The third kappa shape index (κ3) is 4.41. The molecule has 7 nitrogen and oxygen atoms in total. The first-order valence-corrected chi connectivity index (χ1v) is 8.91. The van der Waals surface area contributed by atoms with Crippen LogP contribution in [-0.4, -0.2) is 23.5 Å². The number of nitrogens with zero attached hydrogens (tertiary/aromatic N) is 1. The summed E-state index contributed by atoms with van der Waals surface area (Å²) in [5.74, 6) is -0.955. The van der Waals surface area contributed by atoms with Crippen LogP contribution in [0.3, 0.4) is 0 Å². The Morgan fingerprint density at radius 3 is 2.74 bits per heavy atom. The summed E-state index contributed by atoms with van der Waals surface area (Å²) in [7, 11) is 0. The minimum Gasteiger partial charge on any atom is -0.458 e. The molecule has 0 radical (unpaired) electrons. The van der Waals surface area contributed by atoms with Crippen LogP contribution in [0.15, 0.2) is 57.6 Å². The summed E-state index contributed by atoms with van der Waals surface area (Å²) in [6.07, 6.45) is -1.10.